The molecule has 0 saturated heterocycles. The first-order valence-corrected chi connectivity index (χ1v) is 9.75. The number of pyridine rings is 1. The zero-order valence-corrected chi connectivity index (χ0v) is 16.6. The number of ether oxygens (including phenoxy) is 2. The van der Waals surface area contributed by atoms with Gasteiger partial charge >= 0.3 is 5.97 Å². The number of esters is 1. The van der Waals surface area contributed by atoms with Crippen molar-refractivity contribution in [3.8, 4) is 11.1 Å². The smallest absolute Gasteiger partial charge is 0.307 e. The van der Waals surface area contributed by atoms with E-state index in [1.54, 1.807) is 0 Å². The zero-order chi connectivity index (χ0) is 19.9. The Hall–Kier alpha value is -2.53. The van der Waals surface area contributed by atoms with Gasteiger partial charge < -0.3 is 9.47 Å². The van der Waals surface area contributed by atoms with Crippen molar-refractivity contribution in [3.63, 3.8) is 0 Å². The average Bonchev–Trinajstić information content (AvgIpc) is 3.00. The molecule has 1 aliphatic heterocycles. The number of ketones is 1. The number of hydrogen-bond donors (Lipinski definition) is 0. The van der Waals surface area contributed by atoms with E-state index in [0.717, 1.165) is 39.8 Å². The highest BCUT2D eigenvalue weighted by Crippen LogP contribution is 2.36. The van der Waals surface area contributed by atoms with Crippen LogP contribution in [0, 0.1) is 0 Å². The predicted molar refractivity (Wildman–Crippen MR) is 105 cm³/mol. The standard InChI is InChI=1S/C23H25NO4/c1-23(2,3)28-22(26)9-16-12-27-13-20-18(10-24-11-19(16)20)15-4-6-17-14(8-15)5-7-21(17)25/h4,6,8,10-11,16H,5,7,9,12-13H2,1-3H3. The van der Waals surface area contributed by atoms with Gasteiger partial charge in [-0.2, -0.15) is 0 Å². The third kappa shape index (κ3) is 3.72. The molecule has 0 radical (unpaired) electrons. The van der Waals surface area contributed by atoms with Crippen molar-refractivity contribution in [2.75, 3.05) is 6.61 Å². The van der Waals surface area contributed by atoms with E-state index in [1.165, 1.54) is 0 Å². The lowest BCUT2D eigenvalue weighted by molar-refractivity contribution is -0.155. The van der Waals surface area contributed by atoms with Crippen molar-refractivity contribution in [1.82, 2.24) is 4.98 Å². The van der Waals surface area contributed by atoms with E-state index in [2.05, 4.69) is 11.1 Å². The van der Waals surface area contributed by atoms with Gasteiger partial charge in [0, 0.05) is 35.9 Å². The van der Waals surface area contributed by atoms with Crippen LogP contribution in [0.25, 0.3) is 11.1 Å². The van der Waals surface area contributed by atoms with Crippen molar-refractivity contribution >= 4 is 11.8 Å². The van der Waals surface area contributed by atoms with E-state index in [0.29, 0.717) is 19.6 Å². The molecular weight excluding hydrogens is 354 g/mol. The molecule has 1 aromatic heterocycles. The van der Waals surface area contributed by atoms with E-state index >= 15 is 0 Å². The fourth-order valence-corrected chi connectivity index (χ4v) is 4.03. The number of carbonyl (C=O) groups is 2. The molecule has 5 heteroatoms. The number of carbonyl (C=O) groups excluding carboxylic acids is 2. The molecule has 2 aliphatic rings. The number of benzene rings is 1. The number of nitrogens with zero attached hydrogens (tertiary/aromatic N) is 1. The molecule has 2 aromatic rings. The van der Waals surface area contributed by atoms with Crippen LogP contribution in [-0.2, 0) is 27.3 Å². The summed E-state index contributed by atoms with van der Waals surface area (Å²) in [5.74, 6) is -0.0759. The Labute approximate surface area is 165 Å². The molecule has 146 valence electrons. The van der Waals surface area contributed by atoms with Crippen molar-refractivity contribution < 1.29 is 19.1 Å². The molecule has 0 amide bonds. The van der Waals surface area contributed by atoms with Gasteiger partial charge in [0.1, 0.15) is 5.60 Å². The van der Waals surface area contributed by atoms with Crippen LogP contribution in [0.15, 0.2) is 30.6 Å². The first-order valence-electron chi connectivity index (χ1n) is 9.75. The Kier molecular flexibility index (Phi) is 4.79. The van der Waals surface area contributed by atoms with Crippen LogP contribution in [0.3, 0.4) is 0 Å². The summed E-state index contributed by atoms with van der Waals surface area (Å²) in [6, 6.07) is 5.99. The lowest BCUT2D eigenvalue weighted by Crippen LogP contribution is -2.27. The Balaban J connectivity index is 1.64. The molecule has 4 rings (SSSR count). The monoisotopic (exact) mass is 379 g/mol. The highest BCUT2D eigenvalue weighted by Gasteiger charge is 2.28. The SMILES string of the molecule is CC(C)(C)OC(=O)CC1COCc2c(-c3ccc4c(c3)CCC4=O)cncc21. The lowest BCUT2D eigenvalue weighted by Gasteiger charge is -2.28. The number of hydrogen-bond acceptors (Lipinski definition) is 5. The second-order valence-corrected chi connectivity index (χ2v) is 8.55. The van der Waals surface area contributed by atoms with Crippen LogP contribution in [0.1, 0.15) is 66.6 Å². The summed E-state index contributed by atoms with van der Waals surface area (Å²) >= 11 is 0. The molecule has 0 saturated carbocycles. The number of rotatable bonds is 3. The van der Waals surface area contributed by atoms with Crippen molar-refractivity contribution in [2.45, 2.75) is 58.2 Å². The summed E-state index contributed by atoms with van der Waals surface area (Å²) in [4.78, 5) is 28.7. The van der Waals surface area contributed by atoms with E-state index in [-0.39, 0.29) is 24.1 Å². The summed E-state index contributed by atoms with van der Waals surface area (Å²) in [5, 5.41) is 0. The average molecular weight is 379 g/mol. The molecular formula is C23H25NO4. The summed E-state index contributed by atoms with van der Waals surface area (Å²) in [5.41, 5.74) is 5.60. The Bertz CT molecular complexity index is 942. The summed E-state index contributed by atoms with van der Waals surface area (Å²) in [7, 11) is 0. The van der Waals surface area contributed by atoms with Crippen LogP contribution in [0.5, 0.6) is 0 Å². The minimum atomic E-state index is -0.503. The second kappa shape index (κ2) is 7.13. The van der Waals surface area contributed by atoms with E-state index < -0.39 is 5.60 Å². The first kappa shape index (κ1) is 18.8. The fourth-order valence-electron chi connectivity index (χ4n) is 4.03. The summed E-state index contributed by atoms with van der Waals surface area (Å²) in [6.45, 7) is 6.58. The predicted octanol–water partition coefficient (Wildman–Crippen LogP) is 4.22. The highest BCUT2D eigenvalue weighted by atomic mass is 16.6. The zero-order valence-electron chi connectivity index (χ0n) is 16.6. The molecule has 0 bridgehead atoms. The van der Waals surface area contributed by atoms with Gasteiger partial charge in [0.2, 0.25) is 0 Å². The number of fused-ring (bicyclic) bond motifs is 2. The first-order chi connectivity index (χ1) is 13.3. The van der Waals surface area contributed by atoms with Crippen molar-refractivity contribution in [1.29, 1.82) is 0 Å². The quantitative estimate of drug-likeness (QED) is 0.747. The Morgan fingerprint density at radius 1 is 1.21 bits per heavy atom. The third-order valence-electron chi connectivity index (χ3n) is 5.27. The van der Waals surface area contributed by atoms with Gasteiger partial charge in [-0.15, -0.1) is 0 Å². The van der Waals surface area contributed by atoms with Gasteiger partial charge in [0.25, 0.3) is 0 Å². The van der Waals surface area contributed by atoms with Crippen molar-refractivity contribution in [2.24, 2.45) is 0 Å². The van der Waals surface area contributed by atoms with E-state index in [4.69, 9.17) is 9.47 Å². The van der Waals surface area contributed by atoms with Crippen LogP contribution in [0.2, 0.25) is 0 Å². The topological polar surface area (TPSA) is 65.5 Å². The Morgan fingerprint density at radius 2 is 2.04 bits per heavy atom. The lowest BCUT2D eigenvalue weighted by atomic mass is 9.87. The van der Waals surface area contributed by atoms with Crippen LogP contribution in [-0.4, -0.2) is 28.9 Å². The second-order valence-electron chi connectivity index (χ2n) is 8.55. The van der Waals surface area contributed by atoms with Gasteiger partial charge in [-0.25, -0.2) is 0 Å². The van der Waals surface area contributed by atoms with Gasteiger partial charge in [0.15, 0.2) is 5.78 Å². The van der Waals surface area contributed by atoms with Crippen LogP contribution < -0.4 is 0 Å². The molecule has 0 spiro atoms. The molecule has 1 atom stereocenters. The molecule has 5 nitrogen and oxygen atoms in total. The molecule has 0 fully saturated rings. The van der Waals surface area contributed by atoms with Crippen LogP contribution >= 0.6 is 0 Å². The molecule has 28 heavy (non-hydrogen) atoms. The number of aromatic nitrogens is 1. The van der Waals surface area contributed by atoms with Gasteiger partial charge in [-0.3, -0.25) is 14.6 Å². The van der Waals surface area contributed by atoms with E-state index in [9.17, 15) is 9.59 Å². The largest absolute Gasteiger partial charge is 0.460 e. The van der Waals surface area contributed by atoms with Crippen molar-refractivity contribution in [3.05, 3.63) is 52.8 Å². The summed E-state index contributed by atoms with van der Waals surface area (Å²) in [6.07, 6.45) is 5.34. The maximum Gasteiger partial charge on any atom is 0.307 e. The molecule has 1 aliphatic carbocycles. The number of Topliss-reactive ketones (excluding diaryl/α,β-unsaturated/α-hetero) is 1. The van der Waals surface area contributed by atoms with E-state index in [1.807, 2.05) is 45.3 Å². The minimum absolute atomic E-state index is 0.0675. The van der Waals surface area contributed by atoms with Gasteiger partial charge in [-0.05, 0) is 49.4 Å². The molecule has 2 heterocycles. The maximum absolute atomic E-state index is 12.3. The van der Waals surface area contributed by atoms with Gasteiger partial charge in [0.05, 0.1) is 19.6 Å². The molecule has 1 aromatic carbocycles. The fraction of sp³-hybridized carbons (Fsp3) is 0.435. The third-order valence-corrected chi connectivity index (χ3v) is 5.27. The number of aryl methyl sites for hydroxylation is 1. The highest BCUT2D eigenvalue weighted by molar-refractivity contribution is 6.01. The minimum Gasteiger partial charge on any atom is -0.460 e. The maximum atomic E-state index is 12.3. The molecule has 0 N–H and O–H groups in total. The molecule has 1 unspecified atom stereocenters. The van der Waals surface area contributed by atoms with Crippen LogP contribution in [0.4, 0.5) is 0 Å². The summed E-state index contributed by atoms with van der Waals surface area (Å²) < 4.78 is 11.3. The normalized spacial score (nSPS) is 18.5. The Morgan fingerprint density at radius 3 is 2.82 bits per heavy atom. The van der Waals surface area contributed by atoms with Gasteiger partial charge in [-0.1, -0.05) is 18.2 Å².